The van der Waals surface area contributed by atoms with Gasteiger partial charge in [0.2, 0.25) is 5.91 Å². The van der Waals surface area contributed by atoms with Gasteiger partial charge in [0.15, 0.2) is 0 Å². The lowest BCUT2D eigenvalue weighted by molar-refractivity contribution is -0.384. The number of benzene rings is 3. The van der Waals surface area contributed by atoms with Crippen LogP contribution in [0.1, 0.15) is 5.56 Å². The molecule has 172 valence electrons. The first-order valence-electron chi connectivity index (χ1n) is 9.59. The number of nitrogens with zero attached hydrogens (tertiary/aromatic N) is 2. The lowest BCUT2D eigenvalue weighted by Crippen LogP contribution is -2.38. The van der Waals surface area contributed by atoms with Crippen molar-refractivity contribution in [2.75, 3.05) is 23.3 Å². The van der Waals surface area contributed by atoms with Crippen LogP contribution in [0.4, 0.5) is 21.5 Å². The number of rotatable bonds is 8. The van der Waals surface area contributed by atoms with Crippen molar-refractivity contribution in [1.82, 2.24) is 0 Å². The summed E-state index contributed by atoms with van der Waals surface area (Å²) in [6, 6.07) is 14.4. The van der Waals surface area contributed by atoms with Crippen molar-refractivity contribution in [3.8, 4) is 5.75 Å². The standard InChI is InChI=1S/C22H20FN3O6S/c1-15-6-11-20(32-2)21(12-15)33(30,31)25(18-9-7-16(23)8-10-18)14-22(27)24-17-4-3-5-19(13-17)26(28)29/h3-13H,14H2,1-2H3,(H,24,27). The fourth-order valence-corrected chi connectivity index (χ4v) is 4.72. The average Bonchev–Trinajstić information content (AvgIpc) is 2.78. The Morgan fingerprint density at radius 2 is 1.82 bits per heavy atom. The third-order valence-corrected chi connectivity index (χ3v) is 6.42. The Hall–Kier alpha value is -3.99. The van der Waals surface area contributed by atoms with Crippen LogP contribution in [0.2, 0.25) is 0 Å². The van der Waals surface area contributed by atoms with Gasteiger partial charge in [-0.3, -0.25) is 19.2 Å². The molecule has 0 fully saturated rings. The van der Waals surface area contributed by atoms with Crippen molar-refractivity contribution in [2.45, 2.75) is 11.8 Å². The molecule has 0 bridgehead atoms. The lowest BCUT2D eigenvalue weighted by Gasteiger charge is -2.25. The normalized spacial score (nSPS) is 11.0. The number of carbonyl (C=O) groups is 1. The minimum Gasteiger partial charge on any atom is -0.495 e. The Labute approximate surface area is 189 Å². The van der Waals surface area contributed by atoms with E-state index < -0.39 is 33.2 Å². The fourth-order valence-electron chi connectivity index (χ4n) is 3.05. The number of aryl methyl sites for hydroxylation is 1. The van der Waals surface area contributed by atoms with E-state index in [1.54, 1.807) is 13.0 Å². The predicted octanol–water partition coefficient (Wildman–Crippen LogP) is 3.88. The summed E-state index contributed by atoms with van der Waals surface area (Å²) >= 11 is 0. The van der Waals surface area contributed by atoms with Crippen LogP contribution in [0, 0.1) is 22.9 Å². The number of hydrogen-bond donors (Lipinski definition) is 1. The van der Waals surface area contributed by atoms with Crippen LogP contribution in [-0.2, 0) is 14.8 Å². The molecule has 0 spiro atoms. The molecule has 0 atom stereocenters. The van der Waals surface area contributed by atoms with E-state index >= 15 is 0 Å². The van der Waals surface area contributed by atoms with Crippen molar-refractivity contribution in [2.24, 2.45) is 0 Å². The van der Waals surface area contributed by atoms with E-state index in [1.807, 2.05) is 0 Å². The first kappa shape index (κ1) is 23.7. The lowest BCUT2D eigenvalue weighted by atomic mass is 10.2. The maximum absolute atomic E-state index is 13.6. The zero-order valence-electron chi connectivity index (χ0n) is 17.7. The van der Waals surface area contributed by atoms with Gasteiger partial charge in [-0.15, -0.1) is 0 Å². The van der Waals surface area contributed by atoms with E-state index in [4.69, 9.17) is 4.74 Å². The highest BCUT2D eigenvalue weighted by molar-refractivity contribution is 7.93. The molecule has 0 saturated carbocycles. The molecule has 0 radical (unpaired) electrons. The van der Waals surface area contributed by atoms with Crippen molar-refractivity contribution in [3.63, 3.8) is 0 Å². The smallest absolute Gasteiger partial charge is 0.271 e. The summed E-state index contributed by atoms with van der Waals surface area (Å²) < 4.78 is 46.6. The van der Waals surface area contributed by atoms with Crippen molar-refractivity contribution < 1.29 is 27.3 Å². The van der Waals surface area contributed by atoms with Crippen LogP contribution in [0.3, 0.4) is 0 Å². The minimum atomic E-state index is -4.32. The molecule has 1 N–H and O–H groups in total. The number of nitrogens with one attached hydrogen (secondary N) is 1. The second-order valence-corrected chi connectivity index (χ2v) is 8.83. The number of anilines is 2. The van der Waals surface area contributed by atoms with E-state index in [0.29, 0.717) is 5.56 Å². The quantitative estimate of drug-likeness (QED) is 0.392. The zero-order valence-corrected chi connectivity index (χ0v) is 18.5. The highest BCUT2D eigenvalue weighted by Crippen LogP contribution is 2.31. The minimum absolute atomic E-state index is 0.0501. The Bertz CT molecular complexity index is 1300. The molecule has 0 aliphatic carbocycles. The van der Waals surface area contributed by atoms with Crippen molar-refractivity contribution in [3.05, 3.63) is 88.2 Å². The molecule has 0 aliphatic heterocycles. The summed E-state index contributed by atoms with van der Waals surface area (Å²) in [6.45, 7) is 1.03. The molecule has 3 rings (SSSR count). The third-order valence-electron chi connectivity index (χ3n) is 4.63. The average molecular weight is 473 g/mol. The summed E-state index contributed by atoms with van der Waals surface area (Å²) in [4.78, 5) is 22.9. The summed E-state index contributed by atoms with van der Waals surface area (Å²) in [5.74, 6) is -1.26. The summed E-state index contributed by atoms with van der Waals surface area (Å²) in [5, 5.41) is 13.4. The Morgan fingerprint density at radius 1 is 1.12 bits per heavy atom. The maximum Gasteiger partial charge on any atom is 0.271 e. The summed E-state index contributed by atoms with van der Waals surface area (Å²) in [5.41, 5.74) is 0.586. The monoisotopic (exact) mass is 473 g/mol. The molecule has 0 saturated heterocycles. The molecule has 33 heavy (non-hydrogen) atoms. The Balaban J connectivity index is 2.00. The van der Waals surface area contributed by atoms with E-state index in [0.717, 1.165) is 22.5 Å². The number of non-ortho nitro benzene ring substituents is 1. The van der Waals surface area contributed by atoms with Crippen LogP contribution in [0.15, 0.2) is 71.6 Å². The number of sulfonamides is 1. The van der Waals surface area contributed by atoms with Gasteiger partial charge in [-0.1, -0.05) is 12.1 Å². The molecule has 0 unspecified atom stereocenters. The molecular weight excluding hydrogens is 453 g/mol. The molecule has 0 heterocycles. The number of ether oxygens (including phenoxy) is 1. The van der Waals surface area contributed by atoms with Crippen molar-refractivity contribution in [1.29, 1.82) is 0 Å². The number of amides is 1. The van der Waals surface area contributed by atoms with Gasteiger partial charge in [0.25, 0.3) is 15.7 Å². The topological polar surface area (TPSA) is 119 Å². The van der Waals surface area contributed by atoms with Gasteiger partial charge < -0.3 is 10.1 Å². The maximum atomic E-state index is 13.6. The highest BCUT2D eigenvalue weighted by Gasteiger charge is 2.30. The number of nitro benzene ring substituents is 1. The largest absolute Gasteiger partial charge is 0.495 e. The number of nitro groups is 1. The molecule has 0 aliphatic rings. The van der Waals surface area contributed by atoms with Crippen molar-refractivity contribution >= 4 is 33.0 Å². The third kappa shape index (κ3) is 5.44. The second kappa shape index (κ2) is 9.65. The van der Waals surface area contributed by atoms with Gasteiger partial charge in [-0.05, 0) is 55.0 Å². The van der Waals surface area contributed by atoms with E-state index in [2.05, 4.69) is 5.32 Å². The van der Waals surface area contributed by atoms with Gasteiger partial charge in [0.1, 0.15) is 23.0 Å². The van der Waals surface area contributed by atoms with Crippen LogP contribution in [0.25, 0.3) is 0 Å². The van der Waals surface area contributed by atoms with E-state index in [-0.39, 0.29) is 27.7 Å². The van der Waals surface area contributed by atoms with Gasteiger partial charge >= 0.3 is 0 Å². The molecular formula is C22H20FN3O6S. The molecule has 9 nitrogen and oxygen atoms in total. The first-order chi connectivity index (χ1) is 15.6. The second-order valence-electron chi connectivity index (χ2n) is 7.00. The highest BCUT2D eigenvalue weighted by atomic mass is 32.2. The van der Waals surface area contributed by atoms with Gasteiger partial charge in [-0.2, -0.15) is 0 Å². The predicted molar refractivity (Wildman–Crippen MR) is 120 cm³/mol. The Morgan fingerprint density at radius 3 is 2.45 bits per heavy atom. The van der Waals surface area contributed by atoms with Crippen LogP contribution in [0.5, 0.6) is 5.75 Å². The SMILES string of the molecule is COc1ccc(C)cc1S(=O)(=O)N(CC(=O)Nc1cccc([N+](=O)[O-])c1)c1ccc(F)cc1. The van der Waals surface area contributed by atoms with E-state index in [1.165, 1.54) is 49.6 Å². The molecule has 3 aromatic rings. The number of carbonyl (C=O) groups excluding carboxylic acids is 1. The van der Waals surface area contributed by atoms with Gasteiger partial charge in [-0.25, -0.2) is 12.8 Å². The Kier molecular flexibility index (Phi) is 6.92. The van der Waals surface area contributed by atoms with Crippen LogP contribution >= 0.6 is 0 Å². The zero-order chi connectivity index (χ0) is 24.2. The van der Waals surface area contributed by atoms with Gasteiger partial charge in [0, 0.05) is 17.8 Å². The number of hydrogen-bond acceptors (Lipinski definition) is 6. The molecule has 3 aromatic carbocycles. The number of methoxy groups -OCH3 is 1. The molecule has 0 aromatic heterocycles. The van der Waals surface area contributed by atoms with Crippen LogP contribution < -0.4 is 14.4 Å². The van der Waals surface area contributed by atoms with Gasteiger partial charge in [0.05, 0.1) is 17.7 Å². The molecule has 11 heteroatoms. The summed E-state index contributed by atoms with van der Waals surface area (Å²) in [7, 11) is -3.00. The number of halogens is 1. The first-order valence-corrected chi connectivity index (χ1v) is 11.0. The van der Waals surface area contributed by atoms with Crippen LogP contribution in [-0.4, -0.2) is 32.9 Å². The fraction of sp³-hybridized carbons (Fsp3) is 0.136. The van der Waals surface area contributed by atoms with E-state index in [9.17, 15) is 27.7 Å². The molecule has 1 amide bonds. The summed E-state index contributed by atoms with van der Waals surface area (Å²) in [6.07, 6.45) is 0.